The average molecular weight is 271 g/mol. The SMILES string of the molecule is CC1(C)[C@@H]2CC[C@@]1(C)/C(=N/NC(=O)c1ccccn1)C2. The van der Waals surface area contributed by atoms with Gasteiger partial charge in [-0.05, 0) is 42.7 Å². The van der Waals surface area contributed by atoms with Crippen LogP contribution in [0, 0.1) is 16.7 Å². The largest absolute Gasteiger partial charge is 0.289 e. The fourth-order valence-electron chi connectivity index (χ4n) is 3.77. The van der Waals surface area contributed by atoms with Gasteiger partial charge in [0.25, 0.3) is 5.91 Å². The molecule has 0 unspecified atom stereocenters. The minimum Gasteiger partial charge on any atom is -0.266 e. The van der Waals surface area contributed by atoms with Crippen molar-refractivity contribution in [3.05, 3.63) is 30.1 Å². The van der Waals surface area contributed by atoms with Gasteiger partial charge in [0.15, 0.2) is 0 Å². The first-order valence-electron chi connectivity index (χ1n) is 7.23. The molecule has 1 amide bonds. The highest BCUT2D eigenvalue weighted by atomic mass is 16.2. The Morgan fingerprint density at radius 3 is 2.75 bits per heavy atom. The van der Waals surface area contributed by atoms with Gasteiger partial charge in [-0.25, -0.2) is 5.43 Å². The lowest BCUT2D eigenvalue weighted by Crippen LogP contribution is -2.34. The number of carbonyl (C=O) groups is 1. The molecular formula is C16H21N3O. The van der Waals surface area contributed by atoms with Crippen LogP contribution in [0.25, 0.3) is 0 Å². The third-order valence-corrected chi connectivity index (χ3v) is 5.70. The lowest BCUT2D eigenvalue weighted by molar-refractivity contribution is 0.0949. The molecule has 2 aliphatic carbocycles. The monoisotopic (exact) mass is 271 g/mol. The first-order chi connectivity index (χ1) is 9.45. The molecule has 1 N–H and O–H groups in total. The molecule has 0 spiro atoms. The highest BCUT2D eigenvalue weighted by molar-refractivity contribution is 5.97. The summed E-state index contributed by atoms with van der Waals surface area (Å²) >= 11 is 0. The number of amides is 1. The van der Waals surface area contributed by atoms with Crippen molar-refractivity contribution in [1.29, 1.82) is 0 Å². The maximum absolute atomic E-state index is 12.0. The fraction of sp³-hybridized carbons (Fsp3) is 0.562. The van der Waals surface area contributed by atoms with Crippen molar-refractivity contribution in [3.8, 4) is 0 Å². The second-order valence-electron chi connectivity index (χ2n) is 6.71. The van der Waals surface area contributed by atoms with Gasteiger partial charge in [0, 0.05) is 17.3 Å². The molecule has 0 radical (unpaired) electrons. The molecule has 4 heteroatoms. The summed E-state index contributed by atoms with van der Waals surface area (Å²) in [6, 6.07) is 5.29. The Balaban J connectivity index is 1.77. The number of hydrogen-bond donors (Lipinski definition) is 1. The van der Waals surface area contributed by atoms with Crippen LogP contribution in [0.3, 0.4) is 0 Å². The van der Waals surface area contributed by atoms with Crippen molar-refractivity contribution in [3.63, 3.8) is 0 Å². The predicted molar refractivity (Wildman–Crippen MR) is 78.4 cm³/mol. The number of hydrazone groups is 1. The highest BCUT2D eigenvalue weighted by Gasteiger charge is 2.59. The number of rotatable bonds is 2. The Morgan fingerprint density at radius 1 is 1.40 bits per heavy atom. The number of aromatic nitrogens is 1. The summed E-state index contributed by atoms with van der Waals surface area (Å²) in [5.74, 6) is 0.459. The average Bonchev–Trinajstić information content (AvgIpc) is 2.78. The van der Waals surface area contributed by atoms with Gasteiger partial charge in [-0.1, -0.05) is 26.8 Å². The molecule has 0 aliphatic heterocycles. The summed E-state index contributed by atoms with van der Waals surface area (Å²) in [6.07, 6.45) is 5.07. The first kappa shape index (κ1) is 13.3. The van der Waals surface area contributed by atoms with Crippen molar-refractivity contribution in [1.82, 2.24) is 10.4 Å². The Morgan fingerprint density at radius 2 is 2.20 bits per heavy atom. The minimum atomic E-state index is -0.234. The zero-order chi connectivity index (χ0) is 14.4. The highest BCUT2D eigenvalue weighted by Crippen LogP contribution is 2.63. The fourth-order valence-corrected chi connectivity index (χ4v) is 3.77. The summed E-state index contributed by atoms with van der Waals surface area (Å²) < 4.78 is 0. The Hall–Kier alpha value is -1.71. The van der Waals surface area contributed by atoms with Gasteiger partial charge < -0.3 is 0 Å². The lowest BCUT2D eigenvalue weighted by Gasteiger charge is -2.34. The standard InChI is InChI=1S/C16H21N3O/c1-15(2)11-7-8-16(15,3)13(10-11)18-19-14(20)12-6-4-5-9-17-12/h4-6,9,11H,7-8,10H2,1-3H3,(H,19,20)/b18-13+/t11-,16+/m1/s1. The van der Waals surface area contributed by atoms with Gasteiger partial charge >= 0.3 is 0 Å². The van der Waals surface area contributed by atoms with E-state index in [0.29, 0.717) is 11.6 Å². The van der Waals surface area contributed by atoms with Crippen LogP contribution in [0.1, 0.15) is 50.5 Å². The molecule has 106 valence electrons. The quantitative estimate of drug-likeness (QED) is 0.841. The van der Waals surface area contributed by atoms with E-state index in [-0.39, 0.29) is 16.7 Å². The lowest BCUT2D eigenvalue weighted by atomic mass is 9.70. The summed E-state index contributed by atoms with van der Waals surface area (Å²) in [7, 11) is 0. The Labute approximate surface area is 119 Å². The normalized spacial score (nSPS) is 32.5. The van der Waals surface area contributed by atoms with Gasteiger partial charge in [-0.15, -0.1) is 0 Å². The predicted octanol–water partition coefficient (Wildman–Crippen LogP) is 3.01. The molecule has 2 saturated carbocycles. The van der Waals surface area contributed by atoms with Crippen molar-refractivity contribution in [2.24, 2.45) is 21.8 Å². The molecule has 4 nitrogen and oxygen atoms in total. The molecule has 1 heterocycles. The topological polar surface area (TPSA) is 54.4 Å². The van der Waals surface area contributed by atoms with Gasteiger partial charge in [-0.3, -0.25) is 9.78 Å². The molecular weight excluding hydrogens is 250 g/mol. The first-order valence-corrected chi connectivity index (χ1v) is 7.23. The summed E-state index contributed by atoms with van der Waals surface area (Å²) in [5, 5.41) is 4.43. The van der Waals surface area contributed by atoms with E-state index in [1.165, 1.54) is 12.8 Å². The molecule has 1 aromatic heterocycles. The van der Waals surface area contributed by atoms with Crippen LogP contribution in [-0.2, 0) is 0 Å². The van der Waals surface area contributed by atoms with Crippen LogP contribution >= 0.6 is 0 Å². The van der Waals surface area contributed by atoms with Crippen molar-refractivity contribution >= 4 is 11.6 Å². The number of hydrogen-bond acceptors (Lipinski definition) is 3. The van der Waals surface area contributed by atoms with E-state index in [0.717, 1.165) is 12.1 Å². The molecule has 2 aliphatic rings. The number of carbonyl (C=O) groups excluding carboxylic acids is 1. The van der Waals surface area contributed by atoms with Crippen LogP contribution in [0.2, 0.25) is 0 Å². The van der Waals surface area contributed by atoms with E-state index in [1.807, 2.05) is 0 Å². The van der Waals surface area contributed by atoms with Crippen molar-refractivity contribution in [2.75, 3.05) is 0 Å². The maximum Gasteiger partial charge on any atom is 0.289 e. The number of nitrogens with zero attached hydrogens (tertiary/aromatic N) is 2. The summed E-state index contributed by atoms with van der Waals surface area (Å²) in [5.41, 5.74) is 4.62. The van der Waals surface area contributed by atoms with E-state index in [2.05, 4.69) is 36.3 Å². The van der Waals surface area contributed by atoms with E-state index < -0.39 is 0 Å². The van der Waals surface area contributed by atoms with E-state index >= 15 is 0 Å². The molecule has 2 atom stereocenters. The summed E-state index contributed by atoms with van der Waals surface area (Å²) in [4.78, 5) is 16.0. The maximum atomic E-state index is 12.0. The molecule has 0 saturated heterocycles. The zero-order valence-corrected chi connectivity index (χ0v) is 12.3. The molecule has 2 fully saturated rings. The summed E-state index contributed by atoms with van der Waals surface area (Å²) in [6.45, 7) is 6.94. The second-order valence-corrected chi connectivity index (χ2v) is 6.71. The molecule has 20 heavy (non-hydrogen) atoms. The number of nitrogens with one attached hydrogen (secondary N) is 1. The molecule has 1 aromatic rings. The third-order valence-electron chi connectivity index (χ3n) is 5.70. The van der Waals surface area contributed by atoms with Crippen LogP contribution in [-0.4, -0.2) is 16.6 Å². The van der Waals surface area contributed by atoms with Crippen molar-refractivity contribution in [2.45, 2.75) is 40.0 Å². The van der Waals surface area contributed by atoms with Gasteiger partial charge in [0.05, 0.1) is 0 Å². The van der Waals surface area contributed by atoms with Crippen LogP contribution in [0.5, 0.6) is 0 Å². The number of pyridine rings is 1. The van der Waals surface area contributed by atoms with Crippen LogP contribution in [0.4, 0.5) is 0 Å². The van der Waals surface area contributed by atoms with E-state index in [4.69, 9.17) is 0 Å². The van der Waals surface area contributed by atoms with Crippen LogP contribution in [0.15, 0.2) is 29.5 Å². The Bertz CT molecular complexity index is 564. The van der Waals surface area contributed by atoms with Gasteiger partial charge in [0.1, 0.15) is 5.69 Å². The Kier molecular flexibility index (Phi) is 2.92. The van der Waals surface area contributed by atoms with Gasteiger partial charge in [0.2, 0.25) is 0 Å². The van der Waals surface area contributed by atoms with E-state index in [9.17, 15) is 4.79 Å². The van der Waals surface area contributed by atoms with Gasteiger partial charge in [-0.2, -0.15) is 5.10 Å². The third kappa shape index (κ3) is 1.78. The van der Waals surface area contributed by atoms with E-state index in [1.54, 1.807) is 24.4 Å². The molecule has 2 bridgehead atoms. The smallest absolute Gasteiger partial charge is 0.266 e. The van der Waals surface area contributed by atoms with Crippen LogP contribution < -0.4 is 5.43 Å². The molecule has 3 rings (SSSR count). The zero-order valence-electron chi connectivity index (χ0n) is 12.3. The molecule has 0 aromatic carbocycles. The number of fused-ring (bicyclic) bond motifs is 2. The second kappa shape index (κ2) is 4.40. The van der Waals surface area contributed by atoms with Crippen molar-refractivity contribution < 1.29 is 4.79 Å². The minimum absolute atomic E-state index is 0.120.